The molecule has 16 heavy (non-hydrogen) atoms. The van der Waals surface area contributed by atoms with Gasteiger partial charge < -0.3 is 20.3 Å². The molecule has 4 heteroatoms. The second-order valence-corrected chi connectivity index (χ2v) is 5.30. The summed E-state index contributed by atoms with van der Waals surface area (Å²) < 4.78 is 11.1. The zero-order valence-electron chi connectivity index (χ0n) is 11.0. The fourth-order valence-corrected chi connectivity index (χ4v) is 2.90. The minimum atomic E-state index is -0.384. The summed E-state index contributed by atoms with van der Waals surface area (Å²) in [6.45, 7) is 6.19. The molecule has 0 aliphatic heterocycles. The van der Waals surface area contributed by atoms with E-state index in [-0.39, 0.29) is 35.7 Å². The molecule has 3 N–H and O–H groups in total. The van der Waals surface area contributed by atoms with Crippen molar-refractivity contribution >= 4 is 0 Å². The van der Waals surface area contributed by atoms with Gasteiger partial charge in [-0.2, -0.15) is 0 Å². The Kier molecular flexibility index (Phi) is 4.00. The van der Waals surface area contributed by atoms with Crippen LogP contribution in [0.4, 0.5) is 0 Å². The van der Waals surface area contributed by atoms with Gasteiger partial charge in [0.25, 0.3) is 0 Å². The number of methoxy groups -OCH3 is 2. The molecule has 96 valence electrons. The summed E-state index contributed by atoms with van der Waals surface area (Å²) in [7, 11) is 3.36. The lowest BCUT2D eigenvalue weighted by atomic mass is 9.62. The van der Waals surface area contributed by atoms with Crippen LogP contribution in [-0.2, 0) is 9.47 Å². The van der Waals surface area contributed by atoms with Gasteiger partial charge in [-0.15, -0.1) is 0 Å². The van der Waals surface area contributed by atoms with E-state index < -0.39 is 0 Å². The highest BCUT2D eigenvalue weighted by molar-refractivity contribution is 5.07. The molecule has 0 aromatic heterocycles. The van der Waals surface area contributed by atoms with Gasteiger partial charge in [0.05, 0.1) is 11.2 Å². The minimum Gasteiger partial charge on any atom is -0.396 e. The van der Waals surface area contributed by atoms with Gasteiger partial charge in [0.15, 0.2) is 0 Å². The highest BCUT2D eigenvalue weighted by Crippen LogP contribution is 2.45. The third-order valence-electron chi connectivity index (χ3n) is 4.74. The van der Waals surface area contributed by atoms with Crippen molar-refractivity contribution in [2.75, 3.05) is 20.8 Å². The van der Waals surface area contributed by atoms with E-state index in [0.29, 0.717) is 0 Å². The molecule has 5 atom stereocenters. The smallest absolute Gasteiger partial charge is 0.0809 e. The van der Waals surface area contributed by atoms with Crippen LogP contribution in [0.5, 0.6) is 0 Å². The third-order valence-corrected chi connectivity index (χ3v) is 4.74. The molecule has 1 aliphatic rings. The lowest BCUT2D eigenvalue weighted by Crippen LogP contribution is -2.66. The first-order valence-electron chi connectivity index (χ1n) is 5.82. The quantitative estimate of drug-likeness (QED) is 0.753. The van der Waals surface area contributed by atoms with E-state index in [9.17, 15) is 5.11 Å². The van der Waals surface area contributed by atoms with Crippen LogP contribution >= 0.6 is 0 Å². The van der Waals surface area contributed by atoms with E-state index in [0.717, 1.165) is 6.42 Å². The SMILES string of the molecule is COC1(C)CC(CO)C(C)(OC)C(C)C1N. The Morgan fingerprint density at radius 1 is 1.31 bits per heavy atom. The molecule has 0 bridgehead atoms. The maximum Gasteiger partial charge on any atom is 0.0809 e. The van der Waals surface area contributed by atoms with Gasteiger partial charge in [-0.3, -0.25) is 0 Å². The Morgan fingerprint density at radius 3 is 2.25 bits per heavy atom. The number of rotatable bonds is 3. The highest BCUT2D eigenvalue weighted by atomic mass is 16.5. The molecule has 0 aromatic carbocycles. The van der Waals surface area contributed by atoms with E-state index in [1.165, 1.54) is 0 Å². The lowest BCUT2D eigenvalue weighted by molar-refractivity contribution is -0.184. The molecular weight excluding hydrogens is 206 g/mol. The minimum absolute atomic E-state index is 0.0530. The van der Waals surface area contributed by atoms with Crippen molar-refractivity contribution < 1.29 is 14.6 Å². The average Bonchev–Trinajstić information content (AvgIpc) is 2.31. The van der Waals surface area contributed by atoms with Crippen LogP contribution in [0.15, 0.2) is 0 Å². The van der Waals surface area contributed by atoms with Crippen molar-refractivity contribution in [3.8, 4) is 0 Å². The van der Waals surface area contributed by atoms with Gasteiger partial charge in [-0.05, 0) is 20.3 Å². The first-order chi connectivity index (χ1) is 7.35. The van der Waals surface area contributed by atoms with Crippen molar-refractivity contribution in [1.29, 1.82) is 0 Å². The fourth-order valence-electron chi connectivity index (χ4n) is 2.90. The number of ether oxygens (including phenoxy) is 2. The molecule has 4 nitrogen and oxygen atoms in total. The van der Waals surface area contributed by atoms with Crippen LogP contribution in [0.25, 0.3) is 0 Å². The van der Waals surface area contributed by atoms with Gasteiger partial charge in [-0.1, -0.05) is 6.92 Å². The third kappa shape index (κ3) is 1.88. The highest BCUT2D eigenvalue weighted by Gasteiger charge is 2.54. The summed E-state index contributed by atoms with van der Waals surface area (Å²) in [6.07, 6.45) is 0.718. The van der Waals surface area contributed by atoms with Gasteiger partial charge >= 0.3 is 0 Å². The molecule has 1 fully saturated rings. The molecule has 1 saturated carbocycles. The van der Waals surface area contributed by atoms with Crippen molar-refractivity contribution in [3.05, 3.63) is 0 Å². The first kappa shape index (κ1) is 13.9. The number of nitrogens with two attached hydrogens (primary N) is 1. The standard InChI is InChI=1S/C12H25NO3/c1-8-10(13)11(2,15-4)6-9(7-14)12(8,3)16-5/h8-10,14H,6-7,13H2,1-5H3. The average molecular weight is 231 g/mol. The molecule has 0 saturated heterocycles. The van der Waals surface area contributed by atoms with Gasteiger partial charge in [0.1, 0.15) is 0 Å². The summed E-state index contributed by atoms with van der Waals surface area (Å²) in [5, 5.41) is 9.51. The number of aliphatic hydroxyl groups excluding tert-OH is 1. The molecule has 1 aliphatic carbocycles. The van der Waals surface area contributed by atoms with Crippen LogP contribution in [0, 0.1) is 11.8 Å². The molecule has 0 spiro atoms. The summed E-state index contributed by atoms with van der Waals surface area (Å²) in [5.74, 6) is 0.186. The van der Waals surface area contributed by atoms with Gasteiger partial charge in [0, 0.05) is 38.7 Å². The summed E-state index contributed by atoms with van der Waals surface area (Å²) in [4.78, 5) is 0. The summed E-state index contributed by atoms with van der Waals surface area (Å²) in [6, 6.07) is -0.0924. The van der Waals surface area contributed by atoms with E-state index >= 15 is 0 Å². The van der Waals surface area contributed by atoms with E-state index in [1.807, 2.05) is 13.8 Å². The van der Waals surface area contributed by atoms with E-state index in [2.05, 4.69) is 6.92 Å². The van der Waals surface area contributed by atoms with Crippen molar-refractivity contribution in [3.63, 3.8) is 0 Å². The zero-order valence-corrected chi connectivity index (χ0v) is 11.0. The Labute approximate surface area is 98.1 Å². The van der Waals surface area contributed by atoms with Gasteiger partial charge in [-0.25, -0.2) is 0 Å². The van der Waals surface area contributed by atoms with Crippen LogP contribution in [-0.4, -0.2) is 43.2 Å². The van der Waals surface area contributed by atoms with Gasteiger partial charge in [0.2, 0.25) is 0 Å². The Bertz CT molecular complexity index is 244. The van der Waals surface area contributed by atoms with Crippen LogP contribution in [0.3, 0.4) is 0 Å². The molecule has 5 unspecified atom stereocenters. The Hall–Kier alpha value is -0.160. The topological polar surface area (TPSA) is 64.7 Å². The summed E-state index contributed by atoms with van der Waals surface area (Å²) >= 11 is 0. The monoisotopic (exact) mass is 231 g/mol. The predicted octanol–water partition coefficient (Wildman–Crippen LogP) is 0.772. The normalized spacial score (nSPS) is 49.3. The Morgan fingerprint density at radius 2 is 1.88 bits per heavy atom. The molecule has 1 rings (SSSR count). The second-order valence-electron chi connectivity index (χ2n) is 5.30. The van der Waals surface area contributed by atoms with Crippen LogP contribution < -0.4 is 5.73 Å². The zero-order chi connectivity index (χ0) is 12.6. The fraction of sp³-hybridized carbons (Fsp3) is 1.00. The van der Waals surface area contributed by atoms with Crippen LogP contribution in [0.2, 0.25) is 0 Å². The van der Waals surface area contributed by atoms with Crippen molar-refractivity contribution in [1.82, 2.24) is 0 Å². The van der Waals surface area contributed by atoms with Crippen molar-refractivity contribution in [2.24, 2.45) is 17.6 Å². The lowest BCUT2D eigenvalue weighted by Gasteiger charge is -2.54. The number of aliphatic hydroxyl groups is 1. The number of hydrogen-bond donors (Lipinski definition) is 2. The number of hydrogen-bond acceptors (Lipinski definition) is 4. The molecule has 0 amide bonds. The maximum absolute atomic E-state index is 9.51. The first-order valence-corrected chi connectivity index (χ1v) is 5.82. The van der Waals surface area contributed by atoms with E-state index in [1.54, 1.807) is 14.2 Å². The predicted molar refractivity (Wildman–Crippen MR) is 63.2 cm³/mol. The largest absolute Gasteiger partial charge is 0.396 e. The molecular formula is C12H25NO3. The van der Waals surface area contributed by atoms with Crippen molar-refractivity contribution in [2.45, 2.75) is 44.4 Å². The molecule has 0 heterocycles. The summed E-state index contributed by atoms with van der Waals surface area (Å²) in [5.41, 5.74) is 5.48. The Balaban J connectivity index is 3.04. The molecule has 0 radical (unpaired) electrons. The van der Waals surface area contributed by atoms with E-state index in [4.69, 9.17) is 15.2 Å². The maximum atomic E-state index is 9.51. The van der Waals surface area contributed by atoms with Crippen LogP contribution in [0.1, 0.15) is 27.2 Å². The second kappa shape index (κ2) is 4.61. The molecule has 0 aromatic rings.